The SMILES string of the molecule is CCOc1ccc2c(C)cn(Cc3ccccc3)c2c1. The van der Waals surface area contributed by atoms with Crippen LogP contribution in [0.2, 0.25) is 0 Å². The van der Waals surface area contributed by atoms with Gasteiger partial charge in [-0.05, 0) is 37.1 Å². The first kappa shape index (κ1) is 12.8. The number of aryl methyl sites for hydroxylation is 1. The Balaban J connectivity index is 2.03. The molecule has 102 valence electrons. The van der Waals surface area contributed by atoms with Gasteiger partial charge in [0.1, 0.15) is 5.75 Å². The molecule has 2 nitrogen and oxygen atoms in total. The van der Waals surface area contributed by atoms with E-state index in [1.165, 1.54) is 22.0 Å². The van der Waals surface area contributed by atoms with E-state index in [1.54, 1.807) is 0 Å². The summed E-state index contributed by atoms with van der Waals surface area (Å²) in [5.41, 5.74) is 3.85. The van der Waals surface area contributed by atoms with Crippen LogP contribution in [-0.4, -0.2) is 11.2 Å². The second kappa shape index (κ2) is 5.41. The van der Waals surface area contributed by atoms with E-state index in [-0.39, 0.29) is 0 Å². The van der Waals surface area contributed by atoms with E-state index in [4.69, 9.17) is 4.74 Å². The van der Waals surface area contributed by atoms with Crippen molar-refractivity contribution >= 4 is 10.9 Å². The van der Waals surface area contributed by atoms with Gasteiger partial charge in [0.15, 0.2) is 0 Å². The number of ether oxygens (including phenoxy) is 1. The number of aromatic nitrogens is 1. The Morgan fingerprint density at radius 2 is 1.85 bits per heavy atom. The van der Waals surface area contributed by atoms with Crippen LogP contribution < -0.4 is 4.74 Å². The Kier molecular flexibility index (Phi) is 3.46. The largest absolute Gasteiger partial charge is 0.494 e. The molecule has 0 aliphatic carbocycles. The van der Waals surface area contributed by atoms with E-state index in [0.717, 1.165) is 12.3 Å². The highest BCUT2D eigenvalue weighted by molar-refractivity contribution is 5.85. The minimum Gasteiger partial charge on any atom is -0.494 e. The first-order valence-corrected chi connectivity index (χ1v) is 7.04. The van der Waals surface area contributed by atoms with Crippen molar-refractivity contribution in [3.63, 3.8) is 0 Å². The third kappa shape index (κ3) is 2.42. The second-order valence-corrected chi connectivity index (χ2v) is 5.04. The first-order valence-electron chi connectivity index (χ1n) is 7.04. The molecule has 0 aliphatic rings. The summed E-state index contributed by atoms with van der Waals surface area (Å²) < 4.78 is 7.91. The lowest BCUT2D eigenvalue weighted by atomic mass is 10.2. The number of rotatable bonds is 4. The molecule has 0 spiro atoms. The van der Waals surface area contributed by atoms with Gasteiger partial charge in [0.2, 0.25) is 0 Å². The van der Waals surface area contributed by atoms with Crippen molar-refractivity contribution in [2.75, 3.05) is 6.61 Å². The Morgan fingerprint density at radius 3 is 2.60 bits per heavy atom. The quantitative estimate of drug-likeness (QED) is 0.682. The highest BCUT2D eigenvalue weighted by Gasteiger charge is 2.07. The third-order valence-electron chi connectivity index (χ3n) is 3.56. The fourth-order valence-corrected chi connectivity index (χ4v) is 2.62. The minimum atomic E-state index is 0.698. The summed E-state index contributed by atoms with van der Waals surface area (Å²) in [5.74, 6) is 0.937. The van der Waals surface area contributed by atoms with Crippen LogP contribution in [0.25, 0.3) is 10.9 Å². The molecule has 3 rings (SSSR count). The molecule has 0 saturated carbocycles. The summed E-state index contributed by atoms with van der Waals surface area (Å²) in [6.07, 6.45) is 2.22. The lowest BCUT2D eigenvalue weighted by molar-refractivity contribution is 0.340. The third-order valence-corrected chi connectivity index (χ3v) is 3.56. The van der Waals surface area contributed by atoms with Crippen molar-refractivity contribution in [3.8, 4) is 5.75 Å². The molecular weight excluding hydrogens is 246 g/mol. The van der Waals surface area contributed by atoms with E-state index in [1.807, 2.05) is 13.0 Å². The van der Waals surface area contributed by atoms with Crippen molar-refractivity contribution in [1.29, 1.82) is 0 Å². The number of fused-ring (bicyclic) bond motifs is 1. The van der Waals surface area contributed by atoms with E-state index in [9.17, 15) is 0 Å². The maximum absolute atomic E-state index is 5.62. The molecular formula is C18H19NO. The molecule has 0 amide bonds. The molecule has 0 bridgehead atoms. The van der Waals surface area contributed by atoms with Crippen LogP contribution in [0.3, 0.4) is 0 Å². The molecule has 0 atom stereocenters. The van der Waals surface area contributed by atoms with Gasteiger partial charge < -0.3 is 9.30 Å². The summed E-state index contributed by atoms with van der Waals surface area (Å²) in [4.78, 5) is 0. The van der Waals surface area contributed by atoms with Crippen molar-refractivity contribution < 1.29 is 4.74 Å². The Bertz CT molecular complexity index is 713. The Labute approximate surface area is 119 Å². The van der Waals surface area contributed by atoms with E-state index in [0.29, 0.717) is 6.61 Å². The smallest absolute Gasteiger partial charge is 0.121 e. The molecule has 1 aromatic heterocycles. The molecule has 2 aromatic carbocycles. The van der Waals surface area contributed by atoms with Crippen molar-refractivity contribution in [2.24, 2.45) is 0 Å². The van der Waals surface area contributed by atoms with Crippen LogP contribution in [0.4, 0.5) is 0 Å². The normalized spacial score (nSPS) is 10.9. The molecule has 2 heteroatoms. The molecule has 0 N–H and O–H groups in total. The number of benzene rings is 2. The Hall–Kier alpha value is -2.22. The van der Waals surface area contributed by atoms with Gasteiger partial charge in [0, 0.05) is 24.2 Å². The van der Waals surface area contributed by atoms with Crippen LogP contribution in [-0.2, 0) is 6.54 Å². The van der Waals surface area contributed by atoms with Gasteiger partial charge in [-0.1, -0.05) is 30.3 Å². The zero-order valence-corrected chi connectivity index (χ0v) is 12.0. The van der Waals surface area contributed by atoms with Crippen molar-refractivity contribution in [3.05, 3.63) is 65.9 Å². The number of hydrogen-bond donors (Lipinski definition) is 0. The fourth-order valence-electron chi connectivity index (χ4n) is 2.62. The highest BCUT2D eigenvalue weighted by atomic mass is 16.5. The van der Waals surface area contributed by atoms with Crippen molar-refractivity contribution in [1.82, 2.24) is 4.57 Å². The van der Waals surface area contributed by atoms with Crippen LogP contribution in [0.15, 0.2) is 54.7 Å². The lowest BCUT2D eigenvalue weighted by Crippen LogP contribution is -1.98. The zero-order valence-electron chi connectivity index (χ0n) is 12.0. The topological polar surface area (TPSA) is 14.2 Å². The lowest BCUT2D eigenvalue weighted by Gasteiger charge is -2.07. The van der Waals surface area contributed by atoms with Gasteiger partial charge in [-0.2, -0.15) is 0 Å². The number of hydrogen-bond acceptors (Lipinski definition) is 1. The molecule has 0 radical (unpaired) electrons. The standard InChI is InChI=1S/C18H19NO/c1-3-20-16-9-10-17-14(2)12-19(18(17)11-16)13-15-7-5-4-6-8-15/h4-12H,3,13H2,1-2H3. The maximum Gasteiger partial charge on any atom is 0.121 e. The highest BCUT2D eigenvalue weighted by Crippen LogP contribution is 2.26. The van der Waals surface area contributed by atoms with E-state index >= 15 is 0 Å². The number of nitrogens with zero attached hydrogens (tertiary/aromatic N) is 1. The molecule has 0 saturated heterocycles. The second-order valence-electron chi connectivity index (χ2n) is 5.04. The Morgan fingerprint density at radius 1 is 1.05 bits per heavy atom. The van der Waals surface area contributed by atoms with E-state index < -0.39 is 0 Å². The van der Waals surface area contributed by atoms with Gasteiger partial charge in [0.05, 0.1) is 12.1 Å². The first-order chi connectivity index (χ1) is 9.78. The van der Waals surface area contributed by atoms with Gasteiger partial charge in [0.25, 0.3) is 0 Å². The average molecular weight is 265 g/mol. The predicted molar refractivity (Wildman–Crippen MR) is 83.4 cm³/mol. The van der Waals surface area contributed by atoms with Crippen LogP contribution in [0.5, 0.6) is 5.75 Å². The molecule has 3 aromatic rings. The molecule has 0 unspecified atom stereocenters. The van der Waals surface area contributed by atoms with Gasteiger partial charge >= 0.3 is 0 Å². The predicted octanol–water partition coefficient (Wildman–Crippen LogP) is 4.40. The fraction of sp³-hybridized carbons (Fsp3) is 0.222. The average Bonchev–Trinajstić information content (AvgIpc) is 2.77. The summed E-state index contributed by atoms with van der Waals surface area (Å²) in [6, 6.07) is 16.9. The molecule has 0 aliphatic heterocycles. The molecule has 1 heterocycles. The van der Waals surface area contributed by atoms with Gasteiger partial charge in [-0.15, -0.1) is 0 Å². The van der Waals surface area contributed by atoms with Crippen LogP contribution in [0.1, 0.15) is 18.1 Å². The van der Waals surface area contributed by atoms with Gasteiger partial charge in [-0.3, -0.25) is 0 Å². The zero-order chi connectivity index (χ0) is 13.9. The van der Waals surface area contributed by atoms with Crippen molar-refractivity contribution in [2.45, 2.75) is 20.4 Å². The maximum atomic E-state index is 5.62. The molecule has 20 heavy (non-hydrogen) atoms. The monoisotopic (exact) mass is 265 g/mol. The minimum absolute atomic E-state index is 0.698. The summed E-state index contributed by atoms with van der Waals surface area (Å²) in [5, 5.41) is 1.30. The molecule has 0 fully saturated rings. The van der Waals surface area contributed by atoms with Crippen LogP contribution >= 0.6 is 0 Å². The van der Waals surface area contributed by atoms with Gasteiger partial charge in [-0.25, -0.2) is 0 Å². The van der Waals surface area contributed by atoms with E-state index in [2.05, 4.69) is 60.2 Å². The summed E-state index contributed by atoms with van der Waals surface area (Å²) in [6.45, 7) is 5.76. The summed E-state index contributed by atoms with van der Waals surface area (Å²) in [7, 11) is 0. The van der Waals surface area contributed by atoms with Crippen LogP contribution in [0, 0.1) is 6.92 Å². The summed E-state index contributed by atoms with van der Waals surface area (Å²) >= 11 is 0.